The van der Waals surface area contributed by atoms with Crippen LogP contribution in [0.1, 0.15) is 18.9 Å². The highest BCUT2D eigenvalue weighted by Gasteiger charge is 2.40. The van der Waals surface area contributed by atoms with Gasteiger partial charge >= 0.3 is 12.0 Å². The number of carbonyl (C=O) groups excluding carboxylic acids is 1. The molecule has 2 unspecified atom stereocenters. The van der Waals surface area contributed by atoms with Crippen molar-refractivity contribution in [2.75, 3.05) is 13.6 Å². The van der Waals surface area contributed by atoms with Crippen molar-refractivity contribution in [3.63, 3.8) is 0 Å². The maximum atomic E-state index is 12.4. The second-order valence-corrected chi connectivity index (χ2v) is 5.24. The lowest BCUT2D eigenvalue weighted by Crippen LogP contribution is -2.47. The predicted octanol–water partition coefficient (Wildman–Crippen LogP) is 1.43. The van der Waals surface area contributed by atoms with Gasteiger partial charge in [0.05, 0.1) is 0 Å². The number of likely N-dealkylation sites (tertiary alicyclic amines) is 1. The molecule has 1 aromatic heterocycles. The Morgan fingerprint density at radius 3 is 2.90 bits per heavy atom. The van der Waals surface area contributed by atoms with E-state index in [0.29, 0.717) is 13.1 Å². The molecule has 20 heavy (non-hydrogen) atoms. The number of rotatable bonds is 3. The summed E-state index contributed by atoms with van der Waals surface area (Å²) >= 11 is 0. The van der Waals surface area contributed by atoms with Gasteiger partial charge in [-0.1, -0.05) is 13.0 Å². The highest BCUT2D eigenvalue weighted by molar-refractivity contribution is 5.83. The highest BCUT2D eigenvalue weighted by Crippen LogP contribution is 2.25. The zero-order valence-electron chi connectivity index (χ0n) is 11.7. The van der Waals surface area contributed by atoms with Crippen LogP contribution in [0.2, 0.25) is 0 Å². The van der Waals surface area contributed by atoms with Crippen LogP contribution in [0.15, 0.2) is 24.5 Å². The molecule has 0 radical (unpaired) electrons. The van der Waals surface area contributed by atoms with Gasteiger partial charge in [0.2, 0.25) is 0 Å². The van der Waals surface area contributed by atoms with Crippen LogP contribution >= 0.6 is 0 Å². The summed E-state index contributed by atoms with van der Waals surface area (Å²) in [4.78, 5) is 30.6. The predicted molar refractivity (Wildman–Crippen MR) is 73.0 cm³/mol. The van der Waals surface area contributed by atoms with Crippen LogP contribution in [-0.2, 0) is 11.3 Å². The van der Waals surface area contributed by atoms with Crippen LogP contribution in [0.4, 0.5) is 4.79 Å². The number of urea groups is 1. The zero-order chi connectivity index (χ0) is 14.7. The van der Waals surface area contributed by atoms with Gasteiger partial charge in [-0.15, -0.1) is 0 Å². The Kier molecular flexibility index (Phi) is 4.22. The summed E-state index contributed by atoms with van der Waals surface area (Å²) in [7, 11) is 1.68. The van der Waals surface area contributed by atoms with Gasteiger partial charge < -0.3 is 14.9 Å². The first-order valence-corrected chi connectivity index (χ1v) is 6.64. The normalized spacial score (nSPS) is 21.8. The molecule has 2 rings (SSSR count). The minimum Gasteiger partial charge on any atom is -0.480 e. The van der Waals surface area contributed by atoms with Crippen LogP contribution in [0.25, 0.3) is 0 Å². The van der Waals surface area contributed by atoms with Gasteiger partial charge in [-0.05, 0) is 24.0 Å². The van der Waals surface area contributed by atoms with Crippen molar-refractivity contribution in [2.24, 2.45) is 5.92 Å². The zero-order valence-corrected chi connectivity index (χ0v) is 11.7. The van der Waals surface area contributed by atoms with E-state index in [1.54, 1.807) is 19.4 Å². The molecule has 0 saturated carbocycles. The smallest absolute Gasteiger partial charge is 0.326 e. The molecule has 108 valence electrons. The van der Waals surface area contributed by atoms with E-state index in [9.17, 15) is 14.7 Å². The second kappa shape index (κ2) is 5.90. The van der Waals surface area contributed by atoms with E-state index in [-0.39, 0.29) is 11.9 Å². The standard InChI is InChI=1S/C14H19N3O3/c1-10-5-7-17(12(10)13(18)19)14(20)16(2)9-11-4-3-6-15-8-11/h3-4,6,8,10,12H,5,7,9H2,1-2H3,(H,18,19). The molecule has 6 nitrogen and oxygen atoms in total. The fourth-order valence-corrected chi connectivity index (χ4v) is 2.59. The van der Waals surface area contributed by atoms with Crippen molar-refractivity contribution >= 4 is 12.0 Å². The lowest BCUT2D eigenvalue weighted by Gasteiger charge is -2.28. The number of carboxylic acids is 1. The van der Waals surface area contributed by atoms with Gasteiger partial charge in [0.1, 0.15) is 6.04 Å². The van der Waals surface area contributed by atoms with Crippen molar-refractivity contribution < 1.29 is 14.7 Å². The third-order valence-electron chi connectivity index (χ3n) is 3.67. The van der Waals surface area contributed by atoms with E-state index in [1.807, 2.05) is 19.1 Å². The van der Waals surface area contributed by atoms with Gasteiger partial charge in [-0.25, -0.2) is 9.59 Å². The number of nitrogens with zero attached hydrogens (tertiary/aromatic N) is 3. The SMILES string of the molecule is CC1CCN(C(=O)N(C)Cc2cccnc2)C1C(=O)O. The van der Waals surface area contributed by atoms with Crippen LogP contribution in [0, 0.1) is 5.92 Å². The summed E-state index contributed by atoms with van der Waals surface area (Å²) in [6.07, 6.45) is 4.10. The molecule has 1 N–H and O–H groups in total. The van der Waals surface area contributed by atoms with Gasteiger partial charge in [0, 0.05) is 32.5 Å². The topological polar surface area (TPSA) is 73.7 Å². The van der Waals surface area contributed by atoms with Crippen LogP contribution < -0.4 is 0 Å². The molecule has 2 amide bonds. The fourth-order valence-electron chi connectivity index (χ4n) is 2.59. The first kappa shape index (κ1) is 14.3. The average molecular weight is 277 g/mol. The van der Waals surface area contributed by atoms with Crippen molar-refractivity contribution in [1.82, 2.24) is 14.8 Å². The molecule has 1 saturated heterocycles. The first-order valence-electron chi connectivity index (χ1n) is 6.64. The number of amides is 2. The van der Waals surface area contributed by atoms with Crippen LogP contribution in [0.5, 0.6) is 0 Å². The minimum absolute atomic E-state index is 0.0109. The molecular weight excluding hydrogens is 258 g/mol. The molecule has 1 fully saturated rings. The summed E-state index contributed by atoms with van der Waals surface area (Å²) in [6, 6.07) is 2.73. The summed E-state index contributed by atoms with van der Waals surface area (Å²) in [5.74, 6) is -0.943. The molecule has 0 spiro atoms. The average Bonchev–Trinajstić information content (AvgIpc) is 2.81. The number of aromatic nitrogens is 1. The van der Waals surface area contributed by atoms with Gasteiger partial charge in [0.15, 0.2) is 0 Å². The molecule has 1 aliphatic rings. The second-order valence-electron chi connectivity index (χ2n) is 5.24. The molecule has 0 aromatic carbocycles. The number of pyridine rings is 1. The van der Waals surface area contributed by atoms with E-state index in [4.69, 9.17) is 0 Å². The van der Waals surface area contributed by atoms with Gasteiger partial charge in [0.25, 0.3) is 0 Å². The van der Waals surface area contributed by atoms with Gasteiger partial charge in [-0.3, -0.25) is 4.98 Å². The van der Waals surface area contributed by atoms with Gasteiger partial charge in [-0.2, -0.15) is 0 Å². The Balaban J connectivity index is 2.05. The summed E-state index contributed by atoms with van der Waals surface area (Å²) in [5, 5.41) is 9.25. The quantitative estimate of drug-likeness (QED) is 0.907. The number of carboxylic acid groups (broad SMARTS) is 1. The molecule has 6 heteroatoms. The molecule has 2 atom stereocenters. The van der Waals surface area contributed by atoms with Crippen molar-refractivity contribution in [1.29, 1.82) is 0 Å². The van der Waals surface area contributed by atoms with E-state index in [2.05, 4.69) is 4.98 Å². The fraction of sp³-hybridized carbons (Fsp3) is 0.500. The van der Waals surface area contributed by atoms with E-state index < -0.39 is 12.0 Å². The Hall–Kier alpha value is -2.11. The van der Waals surface area contributed by atoms with Crippen LogP contribution in [-0.4, -0.2) is 51.5 Å². The monoisotopic (exact) mass is 277 g/mol. The Bertz CT molecular complexity index is 492. The maximum Gasteiger partial charge on any atom is 0.326 e. The molecule has 0 aliphatic carbocycles. The number of hydrogen-bond acceptors (Lipinski definition) is 3. The number of aliphatic carboxylic acids is 1. The molecule has 2 heterocycles. The lowest BCUT2D eigenvalue weighted by atomic mass is 10.0. The van der Waals surface area contributed by atoms with E-state index >= 15 is 0 Å². The van der Waals surface area contributed by atoms with E-state index in [1.165, 1.54) is 9.80 Å². The largest absolute Gasteiger partial charge is 0.480 e. The van der Waals surface area contributed by atoms with E-state index in [0.717, 1.165) is 12.0 Å². The number of carbonyl (C=O) groups is 2. The molecular formula is C14H19N3O3. The molecule has 1 aromatic rings. The third kappa shape index (κ3) is 2.89. The maximum absolute atomic E-state index is 12.4. The highest BCUT2D eigenvalue weighted by atomic mass is 16.4. The van der Waals surface area contributed by atoms with Crippen molar-refractivity contribution in [3.05, 3.63) is 30.1 Å². The Labute approximate surface area is 118 Å². The van der Waals surface area contributed by atoms with Crippen molar-refractivity contribution in [2.45, 2.75) is 25.9 Å². The summed E-state index contributed by atoms with van der Waals surface area (Å²) in [6.45, 7) is 2.78. The molecule has 1 aliphatic heterocycles. The Morgan fingerprint density at radius 1 is 1.55 bits per heavy atom. The first-order chi connectivity index (χ1) is 9.50. The summed E-state index contributed by atoms with van der Waals surface area (Å²) in [5.41, 5.74) is 0.919. The summed E-state index contributed by atoms with van der Waals surface area (Å²) < 4.78 is 0. The molecule has 0 bridgehead atoms. The lowest BCUT2D eigenvalue weighted by molar-refractivity contribution is -0.142. The van der Waals surface area contributed by atoms with Crippen molar-refractivity contribution in [3.8, 4) is 0 Å². The third-order valence-corrected chi connectivity index (χ3v) is 3.67. The van der Waals surface area contributed by atoms with Crippen LogP contribution in [0.3, 0.4) is 0 Å². The minimum atomic E-state index is -0.932. The Morgan fingerprint density at radius 2 is 2.30 bits per heavy atom. The number of hydrogen-bond donors (Lipinski definition) is 1.